The first-order valence-corrected chi connectivity index (χ1v) is 10.8. The van der Waals surface area contributed by atoms with Gasteiger partial charge in [0.2, 0.25) is 0 Å². The Balaban J connectivity index is 1.76. The number of esters is 1. The Hall–Kier alpha value is -2.97. The molecule has 0 bridgehead atoms. The van der Waals surface area contributed by atoms with Gasteiger partial charge >= 0.3 is 5.97 Å². The number of benzene rings is 2. The number of carbonyl (C=O) groups excluding carboxylic acids is 2. The molecular weight excluding hydrogens is 466 g/mol. The third-order valence-corrected chi connectivity index (χ3v) is 5.73. The number of carbonyl (C=O) groups is 2. The maximum absolute atomic E-state index is 12.3. The Labute approximate surface area is 185 Å². The Morgan fingerprint density at radius 2 is 1.87 bits per heavy atom. The summed E-state index contributed by atoms with van der Waals surface area (Å²) in [5.74, 6) is -1.05. The molecule has 1 aliphatic rings. The largest absolute Gasteiger partial charge is 0.463 e. The van der Waals surface area contributed by atoms with Crippen LogP contribution in [-0.4, -0.2) is 33.4 Å². The summed E-state index contributed by atoms with van der Waals surface area (Å²) in [5.41, 5.74) is 3.42. The van der Waals surface area contributed by atoms with Gasteiger partial charge in [-0.15, -0.1) is 0 Å². The molecule has 0 aliphatic carbocycles. The fraction of sp³-hybridized carbons (Fsp3) is 0.0909. The predicted molar refractivity (Wildman–Crippen MR) is 121 cm³/mol. The van der Waals surface area contributed by atoms with Gasteiger partial charge in [-0.25, -0.2) is 9.48 Å². The van der Waals surface area contributed by atoms with Crippen molar-refractivity contribution in [3.05, 3.63) is 76.1 Å². The molecule has 1 aromatic heterocycles. The van der Waals surface area contributed by atoms with Crippen LogP contribution < -0.4 is 0 Å². The predicted octanol–water partition coefficient (Wildman–Crippen LogP) is 4.90. The van der Waals surface area contributed by atoms with E-state index in [9.17, 15) is 9.59 Å². The minimum atomic E-state index is -0.566. The molecule has 2 heterocycles. The zero-order valence-corrected chi connectivity index (χ0v) is 18.3. The van der Waals surface area contributed by atoms with E-state index in [1.54, 1.807) is 11.6 Å². The van der Waals surface area contributed by atoms with Crippen molar-refractivity contribution in [3.63, 3.8) is 0 Å². The van der Waals surface area contributed by atoms with Gasteiger partial charge in [0.25, 0.3) is 5.91 Å². The number of nitrogens with zero attached hydrogens (tertiary/aromatic N) is 3. The zero-order valence-electron chi connectivity index (χ0n) is 15.9. The lowest BCUT2D eigenvalue weighted by Gasteiger charge is -2.06. The summed E-state index contributed by atoms with van der Waals surface area (Å²) in [6, 6.07) is 19.5. The van der Waals surface area contributed by atoms with Crippen LogP contribution in [0, 0.1) is 0 Å². The van der Waals surface area contributed by atoms with Gasteiger partial charge in [-0.1, -0.05) is 58.4 Å². The zero-order chi connectivity index (χ0) is 21.1. The topological polar surface area (TPSA) is 73.6 Å². The van der Waals surface area contributed by atoms with E-state index in [4.69, 9.17) is 9.84 Å². The standard InChI is InChI=1S/C22H16BrN3O3S/c1-2-29-20(27)13-19-21(28)24-22(30-19)26-18(15-8-10-16(23)11-9-15)12-17(25-26)14-6-4-3-5-7-14/h3-13H,2H2,1H3/b19-13-. The van der Waals surface area contributed by atoms with Crippen LogP contribution in [0.2, 0.25) is 0 Å². The molecule has 8 heteroatoms. The quantitative estimate of drug-likeness (QED) is 0.391. The molecule has 0 atom stereocenters. The highest BCUT2D eigenvalue weighted by molar-refractivity contribution is 9.10. The van der Waals surface area contributed by atoms with E-state index >= 15 is 0 Å². The number of ether oxygens (including phenoxy) is 1. The summed E-state index contributed by atoms with van der Waals surface area (Å²) in [7, 11) is 0. The van der Waals surface area contributed by atoms with Gasteiger partial charge in [-0.3, -0.25) is 4.79 Å². The van der Waals surface area contributed by atoms with Gasteiger partial charge in [-0.2, -0.15) is 10.1 Å². The Morgan fingerprint density at radius 1 is 1.13 bits per heavy atom. The average molecular weight is 482 g/mol. The van der Waals surface area contributed by atoms with Crippen molar-refractivity contribution >= 4 is 44.7 Å². The third-order valence-electron chi connectivity index (χ3n) is 4.24. The fourth-order valence-electron chi connectivity index (χ4n) is 2.88. The Morgan fingerprint density at radius 3 is 2.57 bits per heavy atom. The first kappa shape index (κ1) is 20.3. The van der Waals surface area contributed by atoms with Crippen molar-refractivity contribution in [1.82, 2.24) is 9.78 Å². The molecule has 3 aromatic rings. The van der Waals surface area contributed by atoms with Gasteiger partial charge in [-0.05, 0) is 36.9 Å². The van der Waals surface area contributed by atoms with E-state index in [2.05, 4.69) is 20.9 Å². The van der Waals surface area contributed by atoms with Crippen molar-refractivity contribution in [2.24, 2.45) is 4.99 Å². The molecule has 0 spiro atoms. The van der Waals surface area contributed by atoms with Crippen LogP contribution in [0.4, 0.5) is 0 Å². The second kappa shape index (κ2) is 8.81. The number of halogens is 1. The maximum atomic E-state index is 12.3. The Bertz CT molecular complexity index is 1170. The molecule has 2 aromatic carbocycles. The number of aromatic nitrogens is 2. The second-order valence-corrected chi connectivity index (χ2v) is 8.19. The molecule has 6 nitrogen and oxygen atoms in total. The van der Waals surface area contributed by atoms with E-state index in [0.29, 0.717) is 5.17 Å². The smallest absolute Gasteiger partial charge is 0.332 e. The first-order chi connectivity index (χ1) is 14.5. The summed E-state index contributed by atoms with van der Waals surface area (Å²) in [5, 5.41) is 5.09. The lowest BCUT2D eigenvalue weighted by Crippen LogP contribution is -2.09. The van der Waals surface area contributed by atoms with E-state index in [1.807, 2.05) is 60.7 Å². The van der Waals surface area contributed by atoms with Gasteiger partial charge in [0.1, 0.15) is 0 Å². The van der Waals surface area contributed by atoms with Crippen LogP contribution in [0.5, 0.6) is 0 Å². The van der Waals surface area contributed by atoms with Crippen molar-refractivity contribution in [3.8, 4) is 22.5 Å². The number of hydrogen-bond donors (Lipinski definition) is 0. The first-order valence-electron chi connectivity index (χ1n) is 9.16. The second-order valence-electron chi connectivity index (χ2n) is 6.26. The monoisotopic (exact) mass is 481 g/mol. The SMILES string of the molecule is CCOC(=O)/C=C1\SC(n2nc(-c3ccccc3)cc2-c2ccc(Br)cc2)=NC1=O. The van der Waals surface area contributed by atoms with Gasteiger partial charge < -0.3 is 4.74 Å². The summed E-state index contributed by atoms with van der Waals surface area (Å²) >= 11 is 4.55. The van der Waals surface area contributed by atoms with Gasteiger partial charge in [0, 0.05) is 21.7 Å². The molecule has 30 heavy (non-hydrogen) atoms. The molecule has 1 amide bonds. The normalized spacial score (nSPS) is 14.8. The highest BCUT2D eigenvalue weighted by atomic mass is 79.9. The lowest BCUT2D eigenvalue weighted by molar-refractivity contribution is -0.137. The van der Waals surface area contributed by atoms with Gasteiger partial charge in [0.15, 0.2) is 5.17 Å². The maximum Gasteiger partial charge on any atom is 0.332 e. The molecule has 0 N–H and O–H groups in total. The van der Waals surface area contributed by atoms with Crippen molar-refractivity contribution < 1.29 is 14.3 Å². The highest BCUT2D eigenvalue weighted by Gasteiger charge is 2.27. The molecule has 4 rings (SSSR count). The van der Waals surface area contributed by atoms with Crippen LogP contribution in [0.1, 0.15) is 6.92 Å². The minimum absolute atomic E-state index is 0.210. The lowest BCUT2D eigenvalue weighted by atomic mass is 10.1. The van der Waals surface area contributed by atoms with Crippen LogP contribution in [0.15, 0.2) is 81.1 Å². The average Bonchev–Trinajstić information content (AvgIpc) is 3.34. The summed E-state index contributed by atoms with van der Waals surface area (Å²) < 4.78 is 7.50. The van der Waals surface area contributed by atoms with E-state index in [1.165, 1.54) is 6.08 Å². The number of aliphatic imine (C=N–C) groups is 1. The summed E-state index contributed by atoms with van der Waals surface area (Å²) in [4.78, 5) is 28.4. The van der Waals surface area contributed by atoms with Crippen LogP contribution >= 0.6 is 27.7 Å². The Kier molecular flexibility index (Phi) is 5.96. The number of hydrogen-bond acceptors (Lipinski definition) is 5. The summed E-state index contributed by atoms with van der Waals surface area (Å²) in [6.07, 6.45) is 1.17. The molecule has 0 unspecified atom stereocenters. The van der Waals surface area contributed by atoms with E-state index in [0.717, 1.165) is 38.7 Å². The summed E-state index contributed by atoms with van der Waals surface area (Å²) in [6.45, 7) is 1.95. The molecule has 150 valence electrons. The van der Waals surface area contributed by atoms with Crippen LogP contribution in [0.3, 0.4) is 0 Å². The molecule has 0 radical (unpaired) electrons. The molecule has 0 fully saturated rings. The number of amides is 1. The number of thioether (sulfide) groups is 1. The van der Waals surface area contributed by atoms with Crippen LogP contribution in [-0.2, 0) is 14.3 Å². The third kappa shape index (κ3) is 4.29. The van der Waals surface area contributed by atoms with E-state index < -0.39 is 11.9 Å². The van der Waals surface area contributed by atoms with E-state index in [-0.39, 0.29) is 11.5 Å². The van der Waals surface area contributed by atoms with Crippen LogP contribution in [0.25, 0.3) is 22.5 Å². The van der Waals surface area contributed by atoms with Gasteiger partial charge in [0.05, 0.1) is 22.9 Å². The highest BCUT2D eigenvalue weighted by Crippen LogP contribution is 2.33. The van der Waals surface area contributed by atoms with Crippen molar-refractivity contribution in [2.75, 3.05) is 6.61 Å². The minimum Gasteiger partial charge on any atom is -0.463 e. The molecule has 0 saturated carbocycles. The fourth-order valence-corrected chi connectivity index (χ4v) is 3.99. The molecule has 1 aliphatic heterocycles. The molecular formula is C22H16BrN3O3S. The van der Waals surface area contributed by atoms with Crippen molar-refractivity contribution in [1.29, 1.82) is 0 Å². The molecule has 0 saturated heterocycles. The van der Waals surface area contributed by atoms with Crippen molar-refractivity contribution in [2.45, 2.75) is 6.92 Å². The number of rotatable bonds is 4.